The molecular formula is C29H42O5Si. The Bertz CT molecular complexity index is 1010. The molecular weight excluding hydrogens is 456 g/mol. The molecule has 0 amide bonds. The van der Waals surface area contributed by atoms with Crippen LogP contribution in [0.2, 0.25) is 18.1 Å². The molecule has 1 heterocycles. The molecule has 4 atom stereocenters. The maximum Gasteiger partial charge on any atom is 0.317 e. The van der Waals surface area contributed by atoms with Gasteiger partial charge in [0.2, 0.25) is 0 Å². The molecule has 6 heteroatoms. The third-order valence-electron chi connectivity index (χ3n) is 9.31. The van der Waals surface area contributed by atoms with Gasteiger partial charge in [0.1, 0.15) is 11.4 Å². The van der Waals surface area contributed by atoms with Gasteiger partial charge < -0.3 is 18.6 Å². The van der Waals surface area contributed by atoms with E-state index >= 15 is 0 Å². The lowest BCUT2D eigenvalue weighted by Crippen LogP contribution is -2.49. The van der Waals surface area contributed by atoms with Gasteiger partial charge >= 0.3 is 5.97 Å². The monoisotopic (exact) mass is 498 g/mol. The fourth-order valence-corrected chi connectivity index (χ4v) is 7.29. The zero-order valence-corrected chi connectivity index (χ0v) is 23.5. The molecule has 0 N–H and O–H groups in total. The van der Waals surface area contributed by atoms with E-state index in [1.54, 1.807) is 7.11 Å². The molecule has 1 aromatic rings. The smallest absolute Gasteiger partial charge is 0.317 e. The number of methoxy groups -OCH3 is 1. The van der Waals surface area contributed by atoms with Crippen LogP contribution in [-0.4, -0.2) is 39.7 Å². The summed E-state index contributed by atoms with van der Waals surface area (Å²) in [6, 6.07) is 7.88. The predicted octanol–water partition coefficient (Wildman–Crippen LogP) is 6.59. The first-order valence-electron chi connectivity index (χ1n) is 12.8. The summed E-state index contributed by atoms with van der Waals surface area (Å²) in [6.45, 7) is 18.5. The van der Waals surface area contributed by atoms with Crippen molar-refractivity contribution in [1.82, 2.24) is 0 Å². The van der Waals surface area contributed by atoms with Gasteiger partial charge in [-0.1, -0.05) is 64.1 Å². The van der Waals surface area contributed by atoms with Crippen LogP contribution in [0.1, 0.15) is 58.9 Å². The molecule has 5 nitrogen and oxygen atoms in total. The van der Waals surface area contributed by atoms with Crippen LogP contribution in [0.4, 0.5) is 0 Å². The highest BCUT2D eigenvalue weighted by molar-refractivity contribution is 6.74. The normalized spacial score (nSPS) is 32.7. The topological polar surface area (TPSA) is 54.0 Å². The van der Waals surface area contributed by atoms with Crippen molar-refractivity contribution in [2.45, 2.75) is 89.8 Å². The highest BCUT2D eigenvalue weighted by atomic mass is 28.4. The van der Waals surface area contributed by atoms with Crippen LogP contribution in [0.3, 0.4) is 0 Å². The van der Waals surface area contributed by atoms with Crippen LogP contribution in [0.5, 0.6) is 5.75 Å². The van der Waals surface area contributed by atoms with E-state index in [9.17, 15) is 4.79 Å². The maximum absolute atomic E-state index is 13.5. The van der Waals surface area contributed by atoms with E-state index in [2.05, 4.69) is 53.4 Å². The quantitative estimate of drug-likeness (QED) is 0.313. The van der Waals surface area contributed by atoms with Crippen LogP contribution < -0.4 is 4.74 Å². The van der Waals surface area contributed by atoms with Gasteiger partial charge in [0.25, 0.3) is 0 Å². The number of ether oxygens (including phenoxy) is 3. The van der Waals surface area contributed by atoms with Gasteiger partial charge in [-0.05, 0) is 55.1 Å². The summed E-state index contributed by atoms with van der Waals surface area (Å²) in [6.07, 6.45) is 7.11. The number of hydrogen-bond donors (Lipinski definition) is 0. The summed E-state index contributed by atoms with van der Waals surface area (Å²) in [7, 11) is -0.331. The molecule has 35 heavy (non-hydrogen) atoms. The summed E-state index contributed by atoms with van der Waals surface area (Å²) in [5.41, 5.74) is 0.327. The number of fused-ring (bicyclic) bond motifs is 2. The molecule has 4 rings (SSSR count). The molecule has 192 valence electrons. The van der Waals surface area contributed by atoms with E-state index in [0.29, 0.717) is 19.6 Å². The Morgan fingerprint density at radius 3 is 2.43 bits per heavy atom. The highest BCUT2D eigenvalue weighted by Gasteiger charge is 2.75. The van der Waals surface area contributed by atoms with E-state index in [1.807, 2.05) is 30.3 Å². The average molecular weight is 499 g/mol. The molecule has 1 saturated heterocycles. The first-order valence-corrected chi connectivity index (χ1v) is 15.7. The number of allylic oxidation sites excluding steroid dienone is 2. The van der Waals surface area contributed by atoms with Crippen molar-refractivity contribution < 1.29 is 23.4 Å². The number of carbonyl (C=O) groups excluding carboxylic acids is 1. The lowest BCUT2D eigenvalue weighted by Gasteiger charge is -2.43. The van der Waals surface area contributed by atoms with Gasteiger partial charge in [-0.15, -0.1) is 0 Å². The third kappa shape index (κ3) is 4.32. The minimum atomic E-state index is -1.99. The Kier molecular flexibility index (Phi) is 6.65. The SMILES string of the molecule is C=C1C=C[C@@]2(CC1)C(=O)O[C@]1(COCc3ccc(OC)cc3)C[C@H](O[Si](C)(C)C(C)(C)C)C[C@@]12C. The summed E-state index contributed by atoms with van der Waals surface area (Å²) in [4.78, 5) is 13.5. The number of esters is 1. The molecule has 0 unspecified atom stereocenters. The number of carbonyl (C=O) groups is 1. The van der Waals surface area contributed by atoms with Crippen LogP contribution >= 0.6 is 0 Å². The standard InChI is InChI=1S/C29H42O5Si/c1-21-13-15-28(16-14-21)25(30)33-29(20-32-19-22-9-11-23(31-6)12-10-22)18-24(17-27(28,29)5)34-35(7,8)26(2,3)4/h9-13,15,24H,1,14,16-20H2,2-8H3/t24-,27-,28-,29+/m1/s1. The summed E-state index contributed by atoms with van der Waals surface area (Å²) in [5.74, 6) is 0.696. The average Bonchev–Trinajstić information content (AvgIpc) is 3.13. The first kappa shape index (κ1) is 26.2. The third-order valence-corrected chi connectivity index (χ3v) is 13.8. The molecule has 1 spiro atoms. The molecule has 2 fully saturated rings. The zero-order valence-electron chi connectivity index (χ0n) is 22.5. The van der Waals surface area contributed by atoms with E-state index in [1.165, 1.54) is 0 Å². The second-order valence-corrected chi connectivity index (χ2v) is 17.2. The van der Waals surface area contributed by atoms with Gasteiger partial charge in [-0.3, -0.25) is 4.79 Å². The molecule has 1 aliphatic heterocycles. The van der Waals surface area contributed by atoms with Crippen molar-refractivity contribution in [2.75, 3.05) is 13.7 Å². The van der Waals surface area contributed by atoms with Crippen molar-refractivity contribution in [2.24, 2.45) is 10.8 Å². The molecule has 3 aliphatic rings. The maximum atomic E-state index is 13.5. The Morgan fingerprint density at radius 2 is 1.86 bits per heavy atom. The van der Waals surface area contributed by atoms with E-state index < -0.39 is 24.7 Å². The van der Waals surface area contributed by atoms with Gasteiger partial charge in [-0.25, -0.2) is 0 Å². The number of rotatable bonds is 7. The van der Waals surface area contributed by atoms with Gasteiger partial charge in [0.15, 0.2) is 8.32 Å². The van der Waals surface area contributed by atoms with Crippen molar-refractivity contribution in [1.29, 1.82) is 0 Å². The minimum Gasteiger partial charge on any atom is -0.497 e. The zero-order chi connectivity index (χ0) is 25.7. The lowest BCUT2D eigenvalue weighted by molar-refractivity contribution is -0.160. The largest absolute Gasteiger partial charge is 0.497 e. The summed E-state index contributed by atoms with van der Waals surface area (Å²) < 4.78 is 24.8. The predicted molar refractivity (Wildman–Crippen MR) is 141 cm³/mol. The molecule has 0 bridgehead atoms. The fraction of sp³-hybridized carbons (Fsp3) is 0.621. The van der Waals surface area contributed by atoms with Crippen LogP contribution in [0.25, 0.3) is 0 Å². The first-order chi connectivity index (χ1) is 16.3. The van der Waals surface area contributed by atoms with Crippen molar-refractivity contribution in [3.8, 4) is 5.75 Å². The van der Waals surface area contributed by atoms with Crippen molar-refractivity contribution >= 4 is 14.3 Å². The Hall–Kier alpha value is -1.89. The van der Waals surface area contributed by atoms with Crippen LogP contribution in [0.15, 0.2) is 48.6 Å². The van der Waals surface area contributed by atoms with E-state index in [4.69, 9.17) is 18.6 Å². The van der Waals surface area contributed by atoms with E-state index in [-0.39, 0.29) is 17.1 Å². The second-order valence-electron chi connectivity index (χ2n) is 12.4. The fourth-order valence-electron chi connectivity index (χ4n) is 5.94. The number of hydrogen-bond acceptors (Lipinski definition) is 5. The molecule has 1 saturated carbocycles. The van der Waals surface area contributed by atoms with Crippen molar-refractivity contribution in [3.05, 3.63) is 54.1 Å². The summed E-state index contributed by atoms with van der Waals surface area (Å²) in [5, 5.41) is 0.112. The second kappa shape index (κ2) is 8.89. The van der Waals surface area contributed by atoms with Gasteiger partial charge in [0.05, 0.1) is 25.7 Å². The Balaban J connectivity index is 1.61. The Morgan fingerprint density at radius 1 is 1.17 bits per heavy atom. The Labute approximate surface area is 212 Å². The van der Waals surface area contributed by atoms with Crippen LogP contribution in [0, 0.1) is 10.8 Å². The molecule has 1 aromatic carbocycles. The highest BCUT2D eigenvalue weighted by Crippen LogP contribution is 2.68. The molecule has 0 radical (unpaired) electrons. The van der Waals surface area contributed by atoms with Crippen molar-refractivity contribution in [3.63, 3.8) is 0 Å². The van der Waals surface area contributed by atoms with E-state index in [0.717, 1.165) is 36.1 Å². The van der Waals surface area contributed by atoms with Crippen LogP contribution in [-0.2, 0) is 25.3 Å². The number of benzene rings is 1. The molecule has 0 aromatic heterocycles. The molecule has 2 aliphatic carbocycles. The van der Waals surface area contributed by atoms with Gasteiger partial charge in [0, 0.05) is 17.9 Å². The summed E-state index contributed by atoms with van der Waals surface area (Å²) >= 11 is 0. The minimum absolute atomic E-state index is 0.0361. The lowest BCUT2D eigenvalue weighted by atomic mass is 9.56. The van der Waals surface area contributed by atoms with Gasteiger partial charge in [-0.2, -0.15) is 0 Å².